The smallest absolute Gasteiger partial charge is 0.328 e. The summed E-state index contributed by atoms with van der Waals surface area (Å²) in [4.78, 5) is 22.6. The Hall–Kier alpha value is -1.81. The van der Waals surface area contributed by atoms with E-state index in [4.69, 9.17) is 16.7 Å². The van der Waals surface area contributed by atoms with Gasteiger partial charge in [-0.1, -0.05) is 31.0 Å². The van der Waals surface area contributed by atoms with Gasteiger partial charge < -0.3 is 10.4 Å². The SMILES string of the molecule is CCCC1CC1NC(=O)c1ccc(/C=C/C(=O)O)c(Cl)c1. The monoisotopic (exact) mass is 307 g/mol. The van der Waals surface area contributed by atoms with Crippen LogP contribution in [0.2, 0.25) is 5.02 Å². The van der Waals surface area contributed by atoms with Crippen LogP contribution in [0.3, 0.4) is 0 Å². The highest BCUT2D eigenvalue weighted by atomic mass is 35.5. The zero-order valence-electron chi connectivity index (χ0n) is 11.8. The molecule has 2 rings (SSSR count). The second-order valence-electron chi connectivity index (χ2n) is 5.27. The van der Waals surface area contributed by atoms with E-state index in [9.17, 15) is 9.59 Å². The molecule has 2 atom stereocenters. The first-order chi connectivity index (χ1) is 10.0. The first-order valence-electron chi connectivity index (χ1n) is 7.02. The first kappa shape index (κ1) is 15.6. The number of amides is 1. The Bertz CT molecular complexity index is 583. The van der Waals surface area contributed by atoms with Crippen molar-refractivity contribution in [1.82, 2.24) is 5.32 Å². The zero-order chi connectivity index (χ0) is 15.4. The lowest BCUT2D eigenvalue weighted by Crippen LogP contribution is -2.26. The van der Waals surface area contributed by atoms with E-state index in [1.165, 1.54) is 6.08 Å². The maximum atomic E-state index is 12.1. The number of aliphatic carboxylic acids is 1. The molecule has 0 heterocycles. The van der Waals surface area contributed by atoms with E-state index in [1.807, 2.05) is 0 Å². The fraction of sp³-hybridized carbons (Fsp3) is 0.375. The number of benzene rings is 1. The van der Waals surface area contributed by atoms with Gasteiger partial charge in [0.05, 0.1) is 0 Å². The molecule has 1 aromatic rings. The van der Waals surface area contributed by atoms with E-state index in [0.717, 1.165) is 25.3 Å². The number of carboxylic acid groups (broad SMARTS) is 1. The predicted molar refractivity (Wildman–Crippen MR) is 82.4 cm³/mol. The van der Waals surface area contributed by atoms with Crippen LogP contribution >= 0.6 is 11.6 Å². The Morgan fingerprint density at radius 2 is 2.24 bits per heavy atom. The maximum Gasteiger partial charge on any atom is 0.328 e. The van der Waals surface area contributed by atoms with Gasteiger partial charge in [-0.25, -0.2) is 4.79 Å². The fourth-order valence-corrected chi connectivity index (χ4v) is 2.57. The van der Waals surface area contributed by atoms with Crippen molar-refractivity contribution in [3.63, 3.8) is 0 Å². The molecule has 4 nitrogen and oxygen atoms in total. The molecule has 2 unspecified atom stereocenters. The normalized spacial score (nSPS) is 20.5. The lowest BCUT2D eigenvalue weighted by atomic mass is 10.1. The lowest BCUT2D eigenvalue weighted by Gasteiger charge is -2.06. The lowest BCUT2D eigenvalue weighted by molar-refractivity contribution is -0.131. The largest absolute Gasteiger partial charge is 0.478 e. The molecule has 1 aliphatic carbocycles. The Balaban J connectivity index is 1.99. The Labute approximate surface area is 128 Å². The summed E-state index contributed by atoms with van der Waals surface area (Å²) in [7, 11) is 0. The van der Waals surface area contributed by atoms with Gasteiger partial charge >= 0.3 is 5.97 Å². The Morgan fingerprint density at radius 3 is 2.86 bits per heavy atom. The summed E-state index contributed by atoms with van der Waals surface area (Å²) in [5, 5.41) is 11.9. The molecule has 0 aliphatic heterocycles. The number of halogens is 1. The molecule has 1 aromatic carbocycles. The third-order valence-corrected chi connectivity index (χ3v) is 3.89. The second kappa shape index (κ2) is 6.76. The molecule has 1 aliphatic rings. The molecule has 21 heavy (non-hydrogen) atoms. The van der Waals surface area contributed by atoms with Crippen LogP contribution in [-0.4, -0.2) is 23.0 Å². The molecule has 0 saturated heterocycles. The highest BCUT2D eigenvalue weighted by Crippen LogP contribution is 2.34. The van der Waals surface area contributed by atoms with E-state index in [2.05, 4.69) is 12.2 Å². The van der Waals surface area contributed by atoms with Gasteiger partial charge in [-0.05, 0) is 42.5 Å². The molecule has 0 bridgehead atoms. The number of nitrogens with one attached hydrogen (secondary N) is 1. The van der Waals surface area contributed by atoms with Gasteiger partial charge in [-0.3, -0.25) is 4.79 Å². The summed E-state index contributed by atoms with van der Waals surface area (Å²) in [5.41, 5.74) is 1.07. The number of carboxylic acids is 1. The highest BCUT2D eigenvalue weighted by molar-refractivity contribution is 6.32. The number of hydrogen-bond donors (Lipinski definition) is 2. The van der Waals surface area contributed by atoms with Crippen LogP contribution < -0.4 is 5.32 Å². The highest BCUT2D eigenvalue weighted by Gasteiger charge is 2.37. The maximum absolute atomic E-state index is 12.1. The standard InChI is InChI=1S/C16H18ClNO3/c1-2-3-11-9-14(11)18-16(21)12-5-4-10(13(17)8-12)6-7-15(19)20/h4-8,11,14H,2-3,9H2,1H3,(H,18,21)(H,19,20)/b7-6+. The molecule has 2 N–H and O–H groups in total. The molecule has 112 valence electrons. The molecule has 0 spiro atoms. The van der Waals surface area contributed by atoms with Crippen molar-refractivity contribution in [3.8, 4) is 0 Å². The van der Waals surface area contributed by atoms with E-state index in [-0.39, 0.29) is 11.9 Å². The summed E-state index contributed by atoms with van der Waals surface area (Å²) in [6, 6.07) is 5.14. The van der Waals surface area contributed by atoms with E-state index >= 15 is 0 Å². The average molecular weight is 308 g/mol. The number of carbonyl (C=O) groups is 2. The predicted octanol–water partition coefficient (Wildman–Crippen LogP) is 3.36. The van der Waals surface area contributed by atoms with E-state index in [0.29, 0.717) is 22.1 Å². The van der Waals surface area contributed by atoms with Crippen LogP contribution in [-0.2, 0) is 4.79 Å². The summed E-state index contributed by atoms with van der Waals surface area (Å²) in [5.74, 6) is -0.565. The average Bonchev–Trinajstić information content (AvgIpc) is 3.15. The molecule has 0 aromatic heterocycles. The minimum atomic E-state index is -1.04. The van der Waals surface area contributed by atoms with Crippen molar-refractivity contribution in [2.45, 2.75) is 32.2 Å². The molecule has 5 heteroatoms. The number of rotatable bonds is 6. The van der Waals surface area contributed by atoms with Gasteiger partial charge in [0, 0.05) is 22.7 Å². The van der Waals surface area contributed by atoms with Crippen LogP contribution in [0.4, 0.5) is 0 Å². The van der Waals surface area contributed by atoms with Crippen molar-refractivity contribution in [3.05, 3.63) is 40.4 Å². The number of carbonyl (C=O) groups excluding carboxylic acids is 1. The van der Waals surface area contributed by atoms with Crippen molar-refractivity contribution >= 4 is 29.6 Å². The summed E-state index contributed by atoms with van der Waals surface area (Å²) in [6.45, 7) is 2.14. The van der Waals surface area contributed by atoms with E-state index in [1.54, 1.807) is 18.2 Å². The molecule has 1 amide bonds. The van der Waals surface area contributed by atoms with E-state index < -0.39 is 5.97 Å². The van der Waals surface area contributed by atoms with Gasteiger partial charge in [-0.15, -0.1) is 0 Å². The van der Waals surface area contributed by atoms with Gasteiger partial charge in [0.15, 0.2) is 0 Å². The van der Waals surface area contributed by atoms with Crippen molar-refractivity contribution in [1.29, 1.82) is 0 Å². The van der Waals surface area contributed by atoms with Crippen molar-refractivity contribution < 1.29 is 14.7 Å². The molecule has 0 radical (unpaired) electrons. The van der Waals surface area contributed by atoms with Crippen LogP contribution in [0.1, 0.15) is 42.1 Å². The Kier molecular flexibility index (Phi) is 5.02. The first-order valence-corrected chi connectivity index (χ1v) is 7.40. The third-order valence-electron chi connectivity index (χ3n) is 3.57. The Morgan fingerprint density at radius 1 is 1.48 bits per heavy atom. The van der Waals surface area contributed by atoms with Gasteiger partial charge in [0.2, 0.25) is 0 Å². The van der Waals surface area contributed by atoms with Crippen LogP contribution in [0.5, 0.6) is 0 Å². The third kappa shape index (κ3) is 4.33. The summed E-state index contributed by atoms with van der Waals surface area (Å²) >= 11 is 6.06. The minimum absolute atomic E-state index is 0.130. The second-order valence-corrected chi connectivity index (χ2v) is 5.68. The van der Waals surface area contributed by atoms with Gasteiger partial charge in [-0.2, -0.15) is 0 Å². The zero-order valence-corrected chi connectivity index (χ0v) is 12.6. The molecular weight excluding hydrogens is 290 g/mol. The quantitative estimate of drug-likeness (QED) is 0.792. The van der Waals surface area contributed by atoms with Crippen LogP contribution in [0, 0.1) is 5.92 Å². The fourth-order valence-electron chi connectivity index (χ4n) is 2.33. The summed E-state index contributed by atoms with van der Waals surface area (Å²) < 4.78 is 0. The number of hydrogen-bond acceptors (Lipinski definition) is 2. The van der Waals surface area contributed by atoms with Crippen molar-refractivity contribution in [2.75, 3.05) is 0 Å². The van der Waals surface area contributed by atoms with Crippen LogP contribution in [0.25, 0.3) is 6.08 Å². The van der Waals surface area contributed by atoms with Crippen LogP contribution in [0.15, 0.2) is 24.3 Å². The molecule has 1 fully saturated rings. The molecular formula is C16H18ClNO3. The topological polar surface area (TPSA) is 66.4 Å². The van der Waals surface area contributed by atoms with Gasteiger partial charge in [0.1, 0.15) is 0 Å². The minimum Gasteiger partial charge on any atom is -0.478 e. The van der Waals surface area contributed by atoms with Crippen molar-refractivity contribution in [2.24, 2.45) is 5.92 Å². The molecule has 1 saturated carbocycles. The van der Waals surface area contributed by atoms with Gasteiger partial charge in [0.25, 0.3) is 5.91 Å². The summed E-state index contributed by atoms with van der Waals surface area (Å²) in [6.07, 6.45) is 5.75.